The highest BCUT2D eigenvalue weighted by Crippen LogP contribution is 2.31. The number of anilines is 1. The standard InChI is InChI=1S/C14H19N3O2/c15-9-11-1-3-12(4-2-11)17-8-6-14(19-13(17)18)5-7-16-10-14/h1-4,16H,5-10,15H2. The molecule has 1 aromatic rings. The molecule has 2 aliphatic rings. The maximum Gasteiger partial charge on any atom is 0.414 e. The van der Waals surface area contributed by atoms with E-state index in [1.54, 1.807) is 4.90 Å². The Morgan fingerprint density at radius 2 is 2.11 bits per heavy atom. The molecule has 5 nitrogen and oxygen atoms in total. The highest BCUT2D eigenvalue weighted by molar-refractivity contribution is 5.88. The number of ether oxygens (including phenoxy) is 1. The lowest BCUT2D eigenvalue weighted by atomic mass is 9.97. The lowest BCUT2D eigenvalue weighted by molar-refractivity contribution is 0.0105. The van der Waals surface area contributed by atoms with Crippen LogP contribution in [-0.4, -0.2) is 31.3 Å². The normalized spacial score (nSPS) is 26.8. The van der Waals surface area contributed by atoms with E-state index in [1.807, 2.05) is 24.3 Å². The number of rotatable bonds is 2. The molecule has 5 heteroatoms. The second kappa shape index (κ2) is 4.83. The first-order valence-corrected chi connectivity index (χ1v) is 6.73. The molecule has 2 heterocycles. The van der Waals surface area contributed by atoms with Gasteiger partial charge in [0, 0.05) is 38.2 Å². The summed E-state index contributed by atoms with van der Waals surface area (Å²) in [4.78, 5) is 13.9. The molecule has 19 heavy (non-hydrogen) atoms. The number of nitrogens with two attached hydrogens (primary N) is 1. The van der Waals surface area contributed by atoms with Crippen LogP contribution in [0.3, 0.4) is 0 Å². The summed E-state index contributed by atoms with van der Waals surface area (Å²) in [6.45, 7) is 2.93. The van der Waals surface area contributed by atoms with Gasteiger partial charge in [-0.3, -0.25) is 4.90 Å². The van der Waals surface area contributed by atoms with Crippen molar-refractivity contribution in [2.45, 2.75) is 25.0 Å². The van der Waals surface area contributed by atoms with Crippen molar-refractivity contribution in [3.05, 3.63) is 29.8 Å². The van der Waals surface area contributed by atoms with E-state index in [4.69, 9.17) is 10.5 Å². The lowest BCUT2D eigenvalue weighted by Crippen LogP contribution is -2.50. The van der Waals surface area contributed by atoms with Gasteiger partial charge in [0.1, 0.15) is 5.60 Å². The third-order valence-corrected chi connectivity index (χ3v) is 4.00. The van der Waals surface area contributed by atoms with E-state index in [2.05, 4.69) is 5.32 Å². The minimum absolute atomic E-state index is 0.240. The van der Waals surface area contributed by atoms with Gasteiger partial charge in [0.2, 0.25) is 0 Å². The number of amides is 1. The topological polar surface area (TPSA) is 67.6 Å². The Morgan fingerprint density at radius 3 is 2.68 bits per heavy atom. The van der Waals surface area contributed by atoms with Gasteiger partial charge in [-0.25, -0.2) is 4.79 Å². The summed E-state index contributed by atoms with van der Waals surface area (Å²) in [5, 5.41) is 3.26. The number of nitrogens with zero attached hydrogens (tertiary/aromatic N) is 1. The number of hydrogen-bond donors (Lipinski definition) is 2. The summed E-state index contributed by atoms with van der Waals surface area (Å²) < 4.78 is 5.66. The molecule has 102 valence electrons. The zero-order valence-electron chi connectivity index (χ0n) is 10.9. The van der Waals surface area contributed by atoms with Crippen molar-refractivity contribution in [1.29, 1.82) is 0 Å². The minimum atomic E-state index is -0.273. The molecule has 3 N–H and O–H groups in total. The summed E-state index contributed by atoms with van der Waals surface area (Å²) in [6.07, 6.45) is 1.55. The third kappa shape index (κ3) is 2.31. The molecule has 1 amide bonds. The van der Waals surface area contributed by atoms with E-state index >= 15 is 0 Å². The fraction of sp³-hybridized carbons (Fsp3) is 0.500. The molecular formula is C14H19N3O2. The largest absolute Gasteiger partial charge is 0.441 e. The third-order valence-electron chi connectivity index (χ3n) is 4.00. The van der Waals surface area contributed by atoms with E-state index in [1.165, 1.54) is 0 Å². The van der Waals surface area contributed by atoms with E-state index < -0.39 is 0 Å². The molecule has 0 radical (unpaired) electrons. The maximum absolute atomic E-state index is 12.2. The van der Waals surface area contributed by atoms with Gasteiger partial charge in [-0.15, -0.1) is 0 Å². The second-order valence-electron chi connectivity index (χ2n) is 5.25. The maximum atomic E-state index is 12.2. The van der Waals surface area contributed by atoms with Crippen LogP contribution in [0.2, 0.25) is 0 Å². The average molecular weight is 261 g/mol. The Kier molecular flexibility index (Phi) is 3.16. The van der Waals surface area contributed by atoms with Gasteiger partial charge in [-0.2, -0.15) is 0 Å². The zero-order chi connectivity index (χ0) is 13.3. The summed E-state index contributed by atoms with van der Waals surface area (Å²) in [5.74, 6) is 0. The van der Waals surface area contributed by atoms with Crippen LogP contribution in [0.1, 0.15) is 18.4 Å². The van der Waals surface area contributed by atoms with Crippen LogP contribution >= 0.6 is 0 Å². The van der Waals surface area contributed by atoms with Crippen LogP contribution < -0.4 is 16.0 Å². The van der Waals surface area contributed by atoms with Crippen LogP contribution in [0.15, 0.2) is 24.3 Å². The van der Waals surface area contributed by atoms with Gasteiger partial charge < -0.3 is 15.8 Å². The summed E-state index contributed by atoms with van der Waals surface area (Å²) in [6, 6.07) is 7.75. The van der Waals surface area contributed by atoms with E-state index in [0.29, 0.717) is 13.1 Å². The molecule has 2 aliphatic heterocycles. The molecule has 1 unspecified atom stereocenters. The Hall–Kier alpha value is -1.59. The summed E-state index contributed by atoms with van der Waals surface area (Å²) in [5.41, 5.74) is 7.24. The van der Waals surface area contributed by atoms with Crippen molar-refractivity contribution in [3.8, 4) is 0 Å². The van der Waals surface area contributed by atoms with Gasteiger partial charge >= 0.3 is 6.09 Å². The van der Waals surface area contributed by atoms with Crippen molar-refractivity contribution in [2.75, 3.05) is 24.5 Å². The first kappa shape index (κ1) is 12.4. The molecule has 3 rings (SSSR count). The first-order valence-electron chi connectivity index (χ1n) is 6.73. The summed E-state index contributed by atoms with van der Waals surface area (Å²) in [7, 11) is 0. The predicted molar refractivity (Wildman–Crippen MR) is 73.0 cm³/mol. The molecule has 2 saturated heterocycles. The molecule has 0 aliphatic carbocycles. The summed E-state index contributed by atoms with van der Waals surface area (Å²) >= 11 is 0. The molecule has 2 fully saturated rings. The van der Waals surface area contributed by atoms with Gasteiger partial charge in [0.25, 0.3) is 0 Å². The quantitative estimate of drug-likeness (QED) is 0.840. The fourth-order valence-electron chi connectivity index (χ4n) is 2.77. The lowest BCUT2D eigenvalue weighted by Gasteiger charge is -2.38. The fourth-order valence-corrected chi connectivity index (χ4v) is 2.77. The van der Waals surface area contributed by atoms with Gasteiger partial charge in [-0.1, -0.05) is 12.1 Å². The SMILES string of the molecule is NCc1ccc(N2CCC3(CCNC3)OC2=O)cc1. The number of nitrogens with one attached hydrogen (secondary N) is 1. The Balaban J connectivity index is 1.74. The average Bonchev–Trinajstić information content (AvgIpc) is 2.87. The molecule has 0 aromatic heterocycles. The highest BCUT2D eigenvalue weighted by atomic mass is 16.6. The monoisotopic (exact) mass is 261 g/mol. The Labute approximate surface area is 112 Å². The van der Waals surface area contributed by atoms with Crippen molar-refractivity contribution < 1.29 is 9.53 Å². The molecule has 0 bridgehead atoms. The molecule has 1 atom stereocenters. The number of benzene rings is 1. The van der Waals surface area contributed by atoms with E-state index in [9.17, 15) is 4.79 Å². The van der Waals surface area contributed by atoms with Crippen LogP contribution in [0.25, 0.3) is 0 Å². The first-order chi connectivity index (χ1) is 9.22. The highest BCUT2D eigenvalue weighted by Gasteiger charge is 2.43. The number of hydrogen-bond acceptors (Lipinski definition) is 4. The molecule has 1 aromatic carbocycles. The Morgan fingerprint density at radius 1 is 1.32 bits per heavy atom. The van der Waals surface area contributed by atoms with Crippen molar-refractivity contribution in [1.82, 2.24) is 5.32 Å². The molecule has 1 spiro atoms. The predicted octanol–water partition coefficient (Wildman–Crippen LogP) is 1.22. The zero-order valence-corrected chi connectivity index (χ0v) is 10.9. The molecular weight excluding hydrogens is 242 g/mol. The van der Waals surface area contributed by atoms with Crippen LogP contribution in [0.4, 0.5) is 10.5 Å². The van der Waals surface area contributed by atoms with E-state index in [0.717, 1.165) is 37.2 Å². The van der Waals surface area contributed by atoms with Crippen molar-refractivity contribution in [2.24, 2.45) is 5.73 Å². The minimum Gasteiger partial charge on any atom is -0.441 e. The smallest absolute Gasteiger partial charge is 0.414 e. The van der Waals surface area contributed by atoms with Crippen molar-refractivity contribution >= 4 is 11.8 Å². The van der Waals surface area contributed by atoms with Gasteiger partial charge in [-0.05, 0) is 24.2 Å². The van der Waals surface area contributed by atoms with Crippen LogP contribution in [0, 0.1) is 0 Å². The second-order valence-corrected chi connectivity index (χ2v) is 5.25. The van der Waals surface area contributed by atoms with Gasteiger partial charge in [0.15, 0.2) is 0 Å². The van der Waals surface area contributed by atoms with Crippen LogP contribution in [0.5, 0.6) is 0 Å². The number of carbonyl (C=O) groups is 1. The van der Waals surface area contributed by atoms with Crippen LogP contribution in [-0.2, 0) is 11.3 Å². The number of carbonyl (C=O) groups excluding carboxylic acids is 1. The van der Waals surface area contributed by atoms with E-state index in [-0.39, 0.29) is 11.7 Å². The van der Waals surface area contributed by atoms with Gasteiger partial charge in [0.05, 0.1) is 0 Å². The molecule has 0 saturated carbocycles. The Bertz CT molecular complexity index is 466. The van der Waals surface area contributed by atoms with Crippen molar-refractivity contribution in [3.63, 3.8) is 0 Å².